The molecule has 0 aliphatic heterocycles. The molecule has 0 aliphatic carbocycles. The van der Waals surface area contributed by atoms with Gasteiger partial charge in [-0.25, -0.2) is 4.68 Å². The summed E-state index contributed by atoms with van der Waals surface area (Å²) in [6.45, 7) is -1.15. The number of ether oxygens (including phenoxy) is 2. The number of anilines is 1. The molecular formula is C27H24N4O5. The molecule has 0 aliphatic rings. The Bertz CT molecular complexity index is 1310. The fourth-order valence-electron chi connectivity index (χ4n) is 3.25. The molecule has 0 saturated carbocycles. The largest absolute Gasteiger partial charge is 0.484 e. The predicted molar refractivity (Wildman–Crippen MR) is 134 cm³/mol. The highest BCUT2D eigenvalue weighted by molar-refractivity contribution is 5.93. The van der Waals surface area contributed by atoms with Crippen molar-refractivity contribution in [3.8, 4) is 22.7 Å². The zero-order valence-corrected chi connectivity index (χ0v) is 19.3. The van der Waals surface area contributed by atoms with Gasteiger partial charge in [0.15, 0.2) is 13.2 Å². The molecule has 2 N–H and O–H groups in total. The van der Waals surface area contributed by atoms with E-state index in [0.717, 1.165) is 11.3 Å². The van der Waals surface area contributed by atoms with Crippen molar-refractivity contribution in [1.29, 1.82) is 0 Å². The first-order valence-electron chi connectivity index (χ1n) is 11.2. The zero-order chi connectivity index (χ0) is 25.2. The van der Waals surface area contributed by atoms with Gasteiger partial charge < -0.3 is 20.1 Å². The summed E-state index contributed by atoms with van der Waals surface area (Å²) in [7, 11) is 0. The quantitative estimate of drug-likeness (QED) is 0.335. The molecule has 36 heavy (non-hydrogen) atoms. The van der Waals surface area contributed by atoms with E-state index in [2.05, 4.69) is 15.7 Å². The maximum atomic E-state index is 12.5. The van der Waals surface area contributed by atoms with Gasteiger partial charge in [-0.1, -0.05) is 66.7 Å². The number of carbonyl (C=O) groups excluding carboxylic acids is 3. The Labute approximate surface area is 207 Å². The van der Waals surface area contributed by atoms with Crippen molar-refractivity contribution in [3.63, 3.8) is 0 Å². The Balaban J connectivity index is 1.30. The van der Waals surface area contributed by atoms with Crippen LogP contribution in [0.15, 0.2) is 97.1 Å². The minimum absolute atomic E-state index is 0.245. The van der Waals surface area contributed by atoms with Gasteiger partial charge in [0, 0.05) is 11.6 Å². The van der Waals surface area contributed by atoms with E-state index in [9.17, 15) is 14.4 Å². The first-order chi connectivity index (χ1) is 17.6. The second-order valence-corrected chi connectivity index (χ2v) is 7.62. The van der Waals surface area contributed by atoms with Crippen molar-refractivity contribution in [2.24, 2.45) is 0 Å². The molecule has 0 fully saturated rings. The van der Waals surface area contributed by atoms with Gasteiger partial charge in [0.25, 0.3) is 11.8 Å². The molecule has 0 saturated heterocycles. The first-order valence-corrected chi connectivity index (χ1v) is 11.2. The molecule has 0 bridgehead atoms. The van der Waals surface area contributed by atoms with Gasteiger partial charge in [0.2, 0.25) is 0 Å². The third-order valence-electron chi connectivity index (χ3n) is 4.95. The van der Waals surface area contributed by atoms with Crippen molar-refractivity contribution in [3.05, 3.63) is 97.1 Å². The molecule has 182 valence electrons. The van der Waals surface area contributed by atoms with Crippen LogP contribution in [-0.4, -0.2) is 47.3 Å². The van der Waals surface area contributed by atoms with Gasteiger partial charge in [-0.3, -0.25) is 14.4 Å². The SMILES string of the molecule is O=C(COc1ccccc1)NCC(=O)OCC(=O)Nc1cc(-c2ccccc2)nn1-c1ccccc1. The summed E-state index contributed by atoms with van der Waals surface area (Å²) >= 11 is 0. The molecule has 1 aromatic heterocycles. The van der Waals surface area contributed by atoms with Crippen LogP contribution < -0.4 is 15.4 Å². The molecule has 4 rings (SSSR count). The Morgan fingerprint density at radius 1 is 0.778 bits per heavy atom. The van der Waals surface area contributed by atoms with Crippen molar-refractivity contribution >= 4 is 23.6 Å². The van der Waals surface area contributed by atoms with Crippen molar-refractivity contribution in [2.45, 2.75) is 0 Å². The standard InChI is InChI=1S/C27H24N4O5/c32-25(18-35-22-14-8-3-9-15-22)28-17-27(34)36-19-26(33)29-24-16-23(20-10-4-1-5-11-20)30-31(24)21-12-6-2-7-13-21/h1-16H,17-19H2,(H,28,32)(H,29,33). The van der Waals surface area contributed by atoms with Crippen LogP contribution in [0.2, 0.25) is 0 Å². The summed E-state index contributed by atoms with van der Waals surface area (Å²) in [5, 5.41) is 9.75. The normalized spacial score (nSPS) is 10.3. The van der Waals surface area contributed by atoms with E-state index in [1.54, 1.807) is 35.0 Å². The molecule has 3 aromatic carbocycles. The number of nitrogens with zero attached hydrogens (tertiary/aromatic N) is 2. The predicted octanol–water partition coefficient (Wildman–Crippen LogP) is 3.22. The molecule has 0 radical (unpaired) electrons. The van der Waals surface area contributed by atoms with E-state index >= 15 is 0 Å². The Kier molecular flexibility index (Phi) is 8.06. The maximum Gasteiger partial charge on any atom is 0.325 e. The highest BCUT2D eigenvalue weighted by Gasteiger charge is 2.15. The van der Waals surface area contributed by atoms with Gasteiger partial charge in [0.05, 0.1) is 11.4 Å². The van der Waals surface area contributed by atoms with Crippen LogP contribution in [0.1, 0.15) is 0 Å². The Hall–Kier alpha value is -4.92. The molecule has 0 spiro atoms. The third-order valence-corrected chi connectivity index (χ3v) is 4.95. The van der Waals surface area contributed by atoms with Crippen molar-refractivity contribution < 1.29 is 23.9 Å². The molecule has 2 amide bonds. The van der Waals surface area contributed by atoms with Gasteiger partial charge >= 0.3 is 5.97 Å². The van der Waals surface area contributed by atoms with Gasteiger partial charge in [0.1, 0.15) is 18.1 Å². The smallest absolute Gasteiger partial charge is 0.325 e. The topological polar surface area (TPSA) is 112 Å². The number of benzene rings is 3. The third kappa shape index (κ3) is 6.80. The maximum absolute atomic E-state index is 12.5. The number of hydrogen-bond donors (Lipinski definition) is 2. The van der Waals surface area contributed by atoms with E-state index in [1.807, 2.05) is 66.7 Å². The molecular weight excluding hydrogens is 460 g/mol. The van der Waals surface area contributed by atoms with Gasteiger partial charge in [-0.15, -0.1) is 0 Å². The molecule has 0 atom stereocenters. The second-order valence-electron chi connectivity index (χ2n) is 7.62. The monoisotopic (exact) mass is 484 g/mol. The number of aromatic nitrogens is 2. The lowest BCUT2D eigenvalue weighted by atomic mass is 10.2. The van der Waals surface area contributed by atoms with E-state index in [1.165, 1.54) is 0 Å². The zero-order valence-electron chi connectivity index (χ0n) is 19.3. The van der Waals surface area contributed by atoms with E-state index < -0.39 is 24.4 Å². The summed E-state index contributed by atoms with van der Waals surface area (Å²) in [5.74, 6) is -0.816. The summed E-state index contributed by atoms with van der Waals surface area (Å²) in [5.41, 5.74) is 2.32. The summed E-state index contributed by atoms with van der Waals surface area (Å²) in [6.07, 6.45) is 0. The Morgan fingerprint density at radius 3 is 2.11 bits per heavy atom. The average molecular weight is 485 g/mol. The lowest BCUT2D eigenvalue weighted by Crippen LogP contribution is -2.35. The summed E-state index contributed by atoms with van der Waals surface area (Å²) in [6, 6.07) is 29.5. The number of carbonyl (C=O) groups is 3. The number of hydrogen-bond acceptors (Lipinski definition) is 6. The highest BCUT2D eigenvalue weighted by Crippen LogP contribution is 2.24. The highest BCUT2D eigenvalue weighted by atomic mass is 16.5. The van der Waals surface area contributed by atoms with E-state index in [0.29, 0.717) is 17.3 Å². The van der Waals surface area contributed by atoms with Gasteiger partial charge in [-0.05, 0) is 24.3 Å². The van der Waals surface area contributed by atoms with Crippen molar-refractivity contribution in [1.82, 2.24) is 15.1 Å². The lowest BCUT2D eigenvalue weighted by Gasteiger charge is -2.10. The van der Waals surface area contributed by atoms with Crippen LogP contribution >= 0.6 is 0 Å². The molecule has 4 aromatic rings. The second kappa shape index (κ2) is 12.0. The molecule has 0 unspecified atom stereocenters. The molecule has 9 nitrogen and oxygen atoms in total. The van der Waals surface area contributed by atoms with Crippen LogP contribution in [0, 0.1) is 0 Å². The number of nitrogens with one attached hydrogen (secondary N) is 2. The lowest BCUT2D eigenvalue weighted by molar-refractivity contribution is -0.147. The number of rotatable bonds is 10. The number of para-hydroxylation sites is 2. The summed E-state index contributed by atoms with van der Waals surface area (Å²) < 4.78 is 11.9. The van der Waals surface area contributed by atoms with Crippen molar-refractivity contribution in [2.75, 3.05) is 25.1 Å². The van der Waals surface area contributed by atoms with Crippen LogP contribution in [0.3, 0.4) is 0 Å². The molecule has 1 heterocycles. The van der Waals surface area contributed by atoms with Crippen LogP contribution in [0.25, 0.3) is 16.9 Å². The summed E-state index contributed by atoms with van der Waals surface area (Å²) in [4.78, 5) is 36.3. The van der Waals surface area contributed by atoms with Crippen LogP contribution in [-0.2, 0) is 19.1 Å². The average Bonchev–Trinajstić information content (AvgIpc) is 3.34. The first kappa shape index (κ1) is 24.2. The van der Waals surface area contributed by atoms with Crippen LogP contribution in [0.5, 0.6) is 5.75 Å². The van der Waals surface area contributed by atoms with E-state index in [4.69, 9.17) is 9.47 Å². The van der Waals surface area contributed by atoms with Crippen LogP contribution in [0.4, 0.5) is 5.82 Å². The number of amides is 2. The van der Waals surface area contributed by atoms with Gasteiger partial charge in [-0.2, -0.15) is 5.10 Å². The fourth-order valence-corrected chi connectivity index (χ4v) is 3.25. The molecule has 9 heteroatoms. The Morgan fingerprint density at radius 2 is 1.42 bits per heavy atom. The minimum Gasteiger partial charge on any atom is -0.484 e. The minimum atomic E-state index is -0.750. The number of esters is 1. The fraction of sp³-hybridized carbons (Fsp3) is 0.111. The van der Waals surface area contributed by atoms with E-state index in [-0.39, 0.29) is 13.2 Å².